The number of piperidine rings is 1. The van der Waals surface area contributed by atoms with Gasteiger partial charge in [-0.05, 0) is 32.5 Å². The molecule has 29 heavy (non-hydrogen) atoms. The number of hydrogen-bond donors (Lipinski definition) is 1. The lowest BCUT2D eigenvalue weighted by Gasteiger charge is -2.46. The highest BCUT2D eigenvalue weighted by atomic mass is 16.3. The summed E-state index contributed by atoms with van der Waals surface area (Å²) in [4.78, 5) is 45.2. The van der Waals surface area contributed by atoms with E-state index in [9.17, 15) is 14.4 Å². The Balaban J connectivity index is 1.61. The van der Waals surface area contributed by atoms with Gasteiger partial charge >= 0.3 is 0 Å². The van der Waals surface area contributed by atoms with Crippen LogP contribution >= 0.6 is 0 Å². The lowest BCUT2D eigenvalue weighted by Crippen LogP contribution is -2.53. The molecule has 2 amide bonds. The van der Waals surface area contributed by atoms with Crippen LogP contribution in [0.3, 0.4) is 0 Å². The monoisotopic (exact) mass is 399 g/mol. The van der Waals surface area contributed by atoms with Crippen molar-refractivity contribution in [3.05, 3.63) is 52.6 Å². The Morgan fingerprint density at radius 3 is 2.86 bits per heavy atom. The van der Waals surface area contributed by atoms with Gasteiger partial charge in [-0.3, -0.25) is 14.4 Å². The van der Waals surface area contributed by atoms with Gasteiger partial charge in [0.1, 0.15) is 6.26 Å². The van der Waals surface area contributed by atoms with Gasteiger partial charge in [-0.2, -0.15) is 0 Å². The van der Waals surface area contributed by atoms with Crippen molar-refractivity contribution in [3.8, 4) is 0 Å². The van der Waals surface area contributed by atoms with Gasteiger partial charge in [0, 0.05) is 37.3 Å². The molecule has 9 heteroatoms. The van der Waals surface area contributed by atoms with Crippen molar-refractivity contribution >= 4 is 11.8 Å². The van der Waals surface area contributed by atoms with Crippen molar-refractivity contribution in [3.63, 3.8) is 0 Å². The van der Waals surface area contributed by atoms with Crippen LogP contribution in [0.15, 0.2) is 40.1 Å². The fourth-order valence-electron chi connectivity index (χ4n) is 4.51. The molecule has 2 aromatic heterocycles. The predicted molar refractivity (Wildman–Crippen MR) is 105 cm³/mol. The van der Waals surface area contributed by atoms with Gasteiger partial charge in [-0.15, -0.1) is 0 Å². The van der Waals surface area contributed by atoms with Crippen LogP contribution in [0.25, 0.3) is 0 Å². The lowest BCUT2D eigenvalue weighted by molar-refractivity contribution is -0.122. The number of hydrogen-bond acceptors (Lipinski definition) is 6. The molecule has 2 aliphatic rings. The number of nitrogens with one attached hydrogen (secondary N) is 1. The zero-order chi connectivity index (χ0) is 20.5. The first-order valence-corrected chi connectivity index (χ1v) is 9.74. The smallest absolute Gasteiger partial charge is 0.275 e. The van der Waals surface area contributed by atoms with Crippen molar-refractivity contribution in [1.29, 1.82) is 0 Å². The summed E-state index contributed by atoms with van der Waals surface area (Å²) in [5.74, 6) is -0.117. The SMILES string of the molecule is CN(C)CC(=O)NC[C@H]1[C@H]2C[C@H](CN(C(=O)c3cocn3)C2)c2cccc(=O)n21. The third-order valence-electron chi connectivity index (χ3n) is 5.71. The summed E-state index contributed by atoms with van der Waals surface area (Å²) in [6.07, 6.45) is 3.47. The Kier molecular flexibility index (Phi) is 5.23. The average molecular weight is 399 g/mol. The summed E-state index contributed by atoms with van der Waals surface area (Å²) >= 11 is 0. The molecule has 3 atom stereocenters. The molecule has 154 valence electrons. The Morgan fingerprint density at radius 1 is 1.31 bits per heavy atom. The first-order valence-electron chi connectivity index (χ1n) is 9.74. The maximum absolute atomic E-state index is 12.8. The third-order valence-corrected chi connectivity index (χ3v) is 5.71. The number of carbonyl (C=O) groups is 2. The Labute approximate surface area is 168 Å². The molecule has 1 N–H and O–H groups in total. The summed E-state index contributed by atoms with van der Waals surface area (Å²) in [5.41, 5.74) is 1.13. The second-order valence-electron chi connectivity index (χ2n) is 8.04. The van der Waals surface area contributed by atoms with E-state index in [2.05, 4.69) is 10.3 Å². The van der Waals surface area contributed by atoms with Crippen molar-refractivity contribution in [2.45, 2.75) is 18.4 Å². The van der Waals surface area contributed by atoms with E-state index in [4.69, 9.17) is 4.42 Å². The summed E-state index contributed by atoms with van der Waals surface area (Å²) < 4.78 is 6.77. The van der Waals surface area contributed by atoms with Crippen LogP contribution in [0.2, 0.25) is 0 Å². The van der Waals surface area contributed by atoms with Gasteiger partial charge in [-0.25, -0.2) is 4.98 Å². The maximum Gasteiger partial charge on any atom is 0.275 e. The number of likely N-dealkylation sites (tertiary alicyclic amines) is 1. The quantitative estimate of drug-likeness (QED) is 0.777. The van der Waals surface area contributed by atoms with E-state index in [0.717, 1.165) is 12.1 Å². The van der Waals surface area contributed by atoms with Gasteiger partial charge in [0.25, 0.3) is 11.5 Å². The lowest BCUT2D eigenvalue weighted by atomic mass is 9.78. The fourth-order valence-corrected chi connectivity index (χ4v) is 4.51. The minimum atomic E-state index is -0.200. The third kappa shape index (κ3) is 3.82. The second-order valence-corrected chi connectivity index (χ2v) is 8.04. The molecular weight excluding hydrogens is 374 g/mol. The number of oxazole rings is 1. The predicted octanol–water partition coefficient (Wildman–Crippen LogP) is 0.315. The number of aromatic nitrogens is 2. The zero-order valence-electron chi connectivity index (χ0n) is 16.6. The standard InChI is InChI=1S/C20H25N5O4/c1-23(2)10-18(26)21-7-17-14-6-13(16-4-3-5-19(27)25(16)17)8-24(9-14)20(28)15-11-29-12-22-15/h3-5,11-14,17H,6-10H2,1-2H3,(H,21,26)/t13-,14+,17+/m1/s1. The summed E-state index contributed by atoms with van der Waals surface area (Å²) in [7, 11) is 3.66. The number of likely N-dealkylation sites (N-methyl/N-ethyl adjacent to an activating group) is 1. The number of rotatable bonds is 5. The highest BCUT2D eigenvalue weighted by molar-refractivity contribution is 5.92. The molecule has 0 aromatic carbocycles. The molecule has 4 heterocycles. The first-order chi connectivity index (χ1) is 13.9. The largest absolute Gasteiger partial charge is 0.451 e. The molecule has 0 saturated carbocycles. The number of fused-ring (bicyclic) bond motifs is 4. The van der Waals surface area contributed by atoms with E-state index in [0.29, 0.717) is 19.6 Å². The van der Waals surface area contributed by atoms with E-state index >= 15 is 0 Å². The molecule has 9 nitrogen and oxygen atoms in total. The van der Waals surface area contributed by atoms with Crippen molar-refractivity contribution in [2.75, 3.05) is 40.3 Å². The van der Waals surface area contributed by atoms with Crippen LogP contribution in [0.5, 0.6) is 0 Å². The van der Waals surface area contributed by atoms with Crippen LogP contribution in [0.1, 0.15) is 34.6 Å². The highest BCUT2D eigenvalue weighted by Crippen LogP contribution is 2.41. The Morgan fingerprint density at radius 2 is 2.14 bits per heavy atom. The van der Waals surface area contributed by atoms with E-state index in [-0.39, 0.29) is 47.5 Å². The van der Waals surface area contributed by atoms with Gasteiger partial charge < -0.3 is 24.1 Å². The van der Waals surface area contributed by atoms with Crippen LogP contribution < -0.4 is 10.9 Å². The normalized spacial score (nSPS) is 23.0. The number of amides is 2. The molecule has 0 spiro atoms. The topological polar surface area (TPSA) is 101 Å². The van der Waals surface area contributed by atoms with Crippen LogP contribution in [0, 0.1) is 5.92 Å². The first kappa shape index (κ1) is 19.4. The highest BCUT2D eigenvalue weighted by Gasteiger charge is 2.42. The van der Waals surface area contributed by atoms with Gasteiger partial charge in [-0.1, -0.05) is 6.07 Å². The average Bonchev–Trinajstić information content (AvgIpc) is 3.22. The number of pyridine rings is 1. The van der Waals surface area contributed by atoms with E-state index in [1.54, 1.807) is 21.9 Å². The molecule has 0 unspecified atom stereocenters. The van der Waals surface area contributed by atoms with Crippen molar-refractivity contribution in [1.82, 2.24) is 24.7 Å². The molecule has 2 aromatic rings. The molecule has 4 rings (SSSR count). The number of carbonyl (C=O) groups excluding carboxylic acids is 2. The van der Waals surface area contributed by atoms with Crippen LogP contribution in [-0.2, 0) is 4.79 Å². The molecule has 0 aliphatic carbocycles. The van der Waals surface area contributed by atoms with Gasteiger partial charge in [0.15, 0.2) is 12.1 Å². The van der Waals surface area contributed by atoms with E-state index in [1.165, 1.54) is 12.7 Å². The molecule has 0 radical (unpaired) electrons. The fraction of sp³-hybridized carbons (Fsp3) is 0.500. The van der Waals surface area contributed by atoms with Crippen LogP contribution in [-0.4, -0.2) is 71.4 Å². The van der Waals surface area contributed by atoms with Crippen molar-refractivity contribution < 1.29 is 14.0 Å². The summed E-state index contributed by atoms with van der Waals surface area (Å²) in [5, 5.41) is 2.96. The molecule has 2 bridgehead atoms. The maximum atomic E-state index is 12.8. The van der Waals surface area contributed by atoms with E-state index < -0.39 is 0 Å². The van der Waals surface area contributed by atoms with Crippen LogP contribution in [0.4, 0.5) is 0 Å². The minimum Gasteiger partial charge on any atom is -0.451 e. The van der Waals surface area contributed by atoms with Gasteiger partial charge in [0.2, 0.25) is 5.91 Å². The van der Waals surface area contributed by atoms with E-state index in [1.807, 2.05) is 24.7 Å². The Hall–Kier alpha value is -2.94. The molecule has 1 fully saturated rings. The molecular formula is C20H25N5O4. The molecule has 2 aliphatic heterocycles. The molecule has 1 saturated heterocycles. The second kappa shape index (κ2) is 7.82. The summed E-state index contributed by atoms with van der Waals surface area (Å²) in [6, 6.07) is 5.06. The van der Waals surface area contributed by atoms with Gasteiger partial charge in [0.05, 0.1) is 12.6 Å². The summed E-state index contributed by atoms with van der Waals surface area (Å²) in [6.45, 7) is 1.68. The number of nitrogens with zero attached hydrogens (tertiary/aromatic N) is 4. The zero-order valence-corrected chi connectivity index (χ0v) is 16.6. The minimum absolute atomic E-state index is 0.0665. The Bertz CT molecular complexity index is 952. The van der Waals surface area contributed by atoms with Crippen molar-refractivity contribution in [2.24, 2.45) is 5.92 Å².